The van der Waals surface area contributed by atoms with Crippen LogP contribution in [0.3, 0.4) is 0 Å². The van der Waals surface area contributed by atoms with E-state index in [9.17, 15) is 9.18 Å². The van der Waals surface area contributed by atoms with Gasteiger partial charge in [0.15, 0.2) is 0 Å². The molecule has 0 bridgehead atoms. The number of carbonyl (C=O) groups excluding carboxylic acids is 1. The average Bonchev–Trinajstić information content (AvgIpc) is 2.80. The molecular weight excluding hydrogens is 283 g/mol. The number of rotatable bonds is 5. The molecule has 6 heteroatoms. The zero-order valence-corrected chi connectivity index (χ0v) is 13.0. The Morgan fingerprint density at radius 1 is 1.36 bits per heavy atom. The molecule has 0 aliphatic rings. The molecule has 0 spiro atoms. The highest BCUT2D eigenvalue weighted by Gasteiger charge is 2.16. The van der Waals surface area contributed by atoms with Gasteiger partial charge in [0.25, 0.3) is 0 Å². The van der Waals surface area contributed by atoms with Crippen LogP contribution in [-0.2, 0) is 4.79 Å². The standard InChI is InChI=1S/C16H21FN4O/c1-10(18)8-16(22)20-11(2)15-9-19-21(12(15)3)14-6-4-13(17)5-7-14/h4-7,9-11H,8,18H2,1-3H3,(H,20,22). The third-order valence-corrected chi connectivity index (χ3v) is 3.47. The molecule has 2 atom stereocenters. The molecule has 1 aromatic carbocycles. The number of hydrogen-bond donors (Lipinski definition) is 2. The van der Waals surface area contributed by atoms with Crippen LogP contribution in [-0.4, -0.2) is 21.7 Å². The van der Waals surface area contributed by atoms with Crippen LogP contribution in [0, 0.1) is 12.7 Å². The summed E-state index contributed by atoms with van der Waals surface area (Å²) in [7, 11) is 0. The van der Waals surface area contributed by atoms with Gasteiger partial charge in [-0.3, -0.25) is 4.79 Å². The second kappa shape index (κ2) is 6.70. The van der Waals surface area contributed by atoms with Gasteiger partial charge in [-0.15, -0.1) is 0 Å². The fourth-order valence-corrected chi connectivity index (χ4v) is 2.36. The van der Waals surface area contributed by atoms with Gasteiger partial charge < -0.3 is 11.1 Å². The molecule has 0 saturated carbocycles. The van der Waals surface area contributed by atoms with Gasteiger partial charge in [-0.25, -0.2) is 9.07 Å². The summed E-state index contributed by atoms with van der Waals surface area (Å²) in [5.41, 5.74) is 8.22. The van der Waals surface area contributed by atoms with Crippen LogP contribution in [0.1, 0.15) is 37.6 Å². The van der Waals surface area contributed by atoms with Crippen LogP contribution in [0.15, 0.2) is 30.5 Å². The van der Waals surface area contributed by atoms with Crippen LogP contribution >= 0.6 is 0 Å². The molecule has 118 valence electrons. The quantitative estimate of drug-likeness (QED) is 0.889. The van der Waals surface area contributed by atoms with Gasteiger partial charge in [-0.1, -0.05) is 0 Å². The van der Waals surface area contributed by atoms with E-state index in [4.69, 9.17) is 5.73 Å². The Labute approximate surface area is 129 Å². The highest BCUT2D eigenvalue weighted by Crippen LogP contribution is 2.20. The second-order valence-electron chi connectivity index (χ2n) is 5.54. The maximum absolute atomic E-state index is 13.0. The molecule has 3 N–H and O–H groups in total. The van der Waals surface area contributed by atoms with E-state index in [1.165, 1.54) is 12.1 Å². The van der Waals surface area contributed by atoms with Crippen LogP contribution < -0.4 is 11.1 Å². The summed E-state index contributed by atoms with van der Waals surface area (Å²) in [6.45, 7) is 5.61. The first-order valence-corrected chi connectivity index (χ1v) is 7.24. The number of hydrogen-bond acceptors (Lipinski definition) is 3. The van der Waals surface area contributed by atoms with Crippen molar-refractivity contribution in [3.8, 4) is 5.69 Å². The highest BCUT2D eigenvalue weighted by atomic mass is 19.1. The highest BCUT2D eigenvalue weighted by molar-refractivity contribution is 5.77. The first kappa shape index (κ1) is 16.2. The number of nitrogens with one attached hydrogen (secondary N) is 1. The lowest BCUT2D eigenvalue weighted by molar-refractivity contribution is -0.122. The smallest absolute Gasteiger partial charge is 0.222 e. The first-order chi connectivity index (χ1) is 10.4. The van der Waals surface area contributed by atoms with Crippen LogP contribution in [0.5, 0.6) is 0 Å². The molecule has 0 fully saturated rings. The second-order valence-corrected chi connectivity index (χ2v) is 5.54. The molecule has 1 amide bonds. The largest absolute Gasteiger partial charge is 0.349 e. The Balaban J connectivity index is 2.16. The average molecular weight is 304 g/mol. The van der Waals surface area contributed by atoms with Crippen molar-refractivity contribution in [1.82, 2.24) is 15.1 Å². The molecule has 0 aliphatic heterocycles. The summed E-state index contributed by atoms with van der Waals surface area (Å²) < 4.78 is 14.7. The summed E-state index contributed by atoms with van der Waals surface area (Å²) in [4.78, 5) is 11.8. The Morgan fingerprint density at radius 2 is 2.00 bits per heavy atom. The third kappa shape index (κ3) is 3.71. The van der Waals surface area contributed by atoms with Crippen LogP contribution in [0.2, 0.25) is 0 Å². The minimum absolute atomic E-state index is 0.0866. The number of carbonyl (C=O) groups is 1. The van der Waals surface area contributed by atoms with Crippen molar-refractivity contribution in [2.75, 3.05) is 0 Å². The fraction of sp³-hybridized carbons (Fsp3) is 0.375. The van der Waals surface area contributed by atoms with Gasteiger partial charge in [-0.05, 0) is 45.0 Å². The predicted molar refractivity (Wildman–Crippen MR) is 83.1 cm³/mol. The number of nitrogens with two attached hydrogens (primary N) is 1. The molecule has 1 aromatic heterocycles. The van der Waals surface area contributed by atoms with Gasteiger partial charge in [0.2, 0.25) is 5.91 Å². The van der Waals surface area contributed by atoms with Crippen LogP contribution in [0.4, 0.5) is 4.39 Å². The lowest BCUT2D eigenvalue weighted by Gasteiger charge is -2.15. The maximum atomic E-state index is 13.0. The van der Waals surface area contributed by atoms with E-state index in [1.54, 1.807) is 29.9 Å². The summed E-state index contributed by atoms with van der Waals surface area (Å²) in [5.74, 6) is -0.373. The maximum Gasteiger partial charge on any atom is 0.222 e. The summed E-state index contributed by atoms with van der Waals surface area (Å²) in [6, 6.07) is 5.78. The van der Waals surface area contributed by atoms with Crippen LogP contribution in [0.25, 0.3) is 5.69 Å². The Kier molecular flexibility index (Phi) is 4.92. The number of aromatic nitrogens is 2. The lowest BCUT2D eigenvalue weighted by Crippen LogP contribution is -2.31. The monoisotopic (exact) mass is 304 g/mol. The number of nitrogens with zero attached hydrogens (tertiary/aromatic N) is 2. The van der Waals surface area contributed by atoms with E-state index >= 15 is 0 Å². The topological polar surface area (TPSA) is 72.9 Å². The van der Waals surface area contributed by atoms with E-state index in [0.29, 0.717) is 0 Å². The van der Waals surface area contributed by atoms with Crippen molar-refractivity contribution in [2.24, 2.45) is 5.73 Å². The molecule has 1 heterocycles. The normalized spacial score (nSPS) is 13.7. The molecule has 0 radical (unpaired) electrons. The van der Waals surface area contributed by atoms with E-state index in [1.807, 2.05) is 13.8 Å². The van der Waals surface area contributed by atoms with Crippen molar-refractivity contribution in [3.63, 3.8) is 0 Å². The van der Waals surface area contributed by atoms with Gasteiger partial charge >= 0.3 is 0 Å². The summed E-state index contributed by atoms with van der Waals surface area (Å²) in [6.07, 6.45) is 2.00. The molecular formula is C16H21FN4O. The number of amides is 1. The van der Waals surface area contributed by atoms with Crippen molar-refractivity contribution in [2.45, 2.75) is 39.3 Å². The van der Waals surface area contributed by atoms with E-state index < -0.39 is 0 Å². The molecule has 0 aliphatic carbocycles. The molecule has 0 saturated heterocycles. The van der Waals surface area contributed by atoms with E-state index in [-0.39, 0.29) is 30.2 Å². The fourth-order valence-electron chi connectivity index (χ4n) is 2.36. The molecule has 2 rings (SSSR count). The Hall–Kier alpha value is -2.21. The van der Waals surface area contributed by atoms with Gasteiger partial charge in [0.1, 0.15) is 5.82 Å². The van der Waals surface area contributed by atoms with Gasteiger partial charge in [-0.2, -0.15) is 5.10 Å². The lowest BCUT2D eigenvalue weighted by atomic mass is 10.1. The first-order valence-electron chi connectivity index (χ1n) is 7.24. The predicted octanol–water partition coefficient (Wildman–Crippen LogP) is 2.23. The van der Waals surface area contributed by atoms with Crippen molar-refractivity contribution >= 4 is 5.91 Å². The third-order valence-electron chi connectivity index (χ3n) is 3.47. The SMILES string of the molecule is Cc1c(C(C)NC(=O)CC(C)N)cnn1-c1ccc(F)cc1. The summed E-state index contributed by atoms with van der Waals surface area (Å²) in [5, 5.41) is 7.23. The van der Waals surface area contributed by atoms with Gasteiger partial charge in [0, 0.05) is 23.7 Å². The number of benzene rings is 1. The van der Waals surface area contributed by atoms with E-state index in [0.717, 1.165) is 16.9 Å². The molecule has 2 aromatic rings. The molecule has 5 nitrogen and oxygen atoms in total. The zero-order chi connectivity index (χ0) is 16.3. The Morgan fingerprint density at radius 3 is 2.59 bits per heavy atom. The van der Waals surface area contributed by atoms with Crippen molar-refractivity contribution < 1.29 is 9.18 Å². The zero-order valence-electron chi connectivity index (χ0n) is 13.0. The minimum atomic E-state index is -0.287. The summed E-state index contributed by atoms with van der Waals surface area (Å²) >= 11 is 0. The van der Waals surface area contributed by atoms with Gasteiger partial charge in [0.05, 0.1) is 17.9 Å². The minimum Gasteiger partial charge on any atom is -0.349 e. The molecule has 2 unspecified atom stereocenters. The van der Waals surface area contributed by atoms with E-state index in [2.05, 4.69) is 10.4 Å². The molecule has 22 heavy (non-hydrogen) atoms. The Bertz CT molecular complexity index is 649. The number of halogens is 1. The van der Waals surface area contributed by atoms with Crippen molar-refractivity contribution in [1.29, 1.82) is 0 Å². The van der Waals surface area contributed by atoms with Crippen molar-refractivity contribution in [3.05, 3.63) is 47.5 Å².